The molecule has 0 bridgehead atoms. The number of para-hydroxylation sites is 1. The number of aryl methyl sites for hydroxylation is 2. The van der Waals surface area contributed by atoms with Crippen LogP contribution in [0.15, 0.2) is 23.0 Å². The summed E-state index contributed by atoms with van der Waals surface area (Å²) in [7, 11) is 3.92. The summed E-state index contributed by atoms with van der Waals surface area (Å²) in [6.45, 7) is 1.86. The average Bonchev–Trinajstić information content (AvgIpc) is 2.94. The summed E-state index contributed by atoms with van der Waals surface area (Å²) in [6.07, 6.45) is 1.53. The highest BCUT2D eigenvalue weighted by Crippen LogP contribution is 2.31. The fraction of sp³-hybridized carbons (Fsp3) is 0.412. The van der Waals surface area contributed by atoms with Crippen molar-refractivity contribution in [2.24, 2.45) is 0 Å². The first-order chi connectivity index (χ1) is 11.0. The van der Waals surface area contributed by atoms with Gasteiger partial charge < -0.3 is 19.9 Å². The van der Waals surface area contributed by atoms with Crippen LogP contribution in [0.25, 0.3) is 10.9 Å². The third-order valence-electron chi connectivity index (χ3n) is 4.24. The Labute approximate surface area is 134 Å². The normalized spacial score (nSPS) is 13.0. The molecule has 1 aliphatic rings. The van der Waals surface area contributed by atoms with Crippen LogP contribution < -0.4 is 10.9 Å². The molecule has 2 N–H and O–H groups in total. The van der Waals surface area contributed by atoms with E-state index >= 15 is 0 Å². The Morgan fingerprint density at radius 2 is 2.17 bits per heavy atom. The van der Waals surface area contributed by atoms with Gasteiger partial charge in [0.1, 0.15) is 11.3 Å². The van der Waals surface area contributed by atoms with Crippen LogP contribution in [-0.2, 0) is 13.0 Å². The number of carbonyl (C=O) groups excluding carboxylic acids is 1. The van der Waals surface area contributed by atoms with Crippen LogP contribution >= 0.6 is 0 Å². The zero-order valence-corrected chi connectivity index (χ0v) is 13.4. The van der Waals surface area contributed by atoms with Gasteiger partial charge in [-0.05, 0) is 45.1 Å². The van der Waals surface area contributed by atoms with Crippen molar-refractivity contribution in [3.8, 4) is 5.75 Å². The van der Waals surface area contributed by atoms with Gasteiger partial charge in [0.25, 0.3) is 11.5 Å². The lowest BCUT2D eigenvalue weighted by Crippen LogP contribution is -2.34. The molecular formula is C17H21N3O3. The number of rotatable bonds is 5. The molecule has 0 unspecified atom stereocenters. The van der Waals surface area contributed by atoms with Crippen molar-refractivity contribution < 1.29 is 9.90 Å². The van der Waals surface area contributed by atoms with Crippen molar-refractivity contribution in [3.05, 3.63) is 39.7 Å². The third-order valence-corrected chi connectivity index (χ3v) is 4.24. The second-order valence-corrected chi connectivity index (χ2v) is 6.16. The summed E-state index contributed by atoms with van der Waals surface area (Å²) >= 11 is 0. The molecule has 2 aromatic rings. The van der Waals surface area contributed by atoms with Crippen LogP contribution in [0.1, 0.15) is 22.3 Å². The lowest BCUT2D eigenvalue weighted by atomic mass is 10.1. The van der Waals surface area contributed by atoms with Crippen molar-refractivity contribution in [1.82, 2.24) is 14.8 Å². The molecule has 0 atom stereocenters. The number of aromatic hydroxyl groups is 1. The van der Waals surface area contributed by atoms with Crippen molar-refractivity contribution in [3.63, 3.8) is 0 Å². The van der Waals surface area contributed by atoms with E-state index in [0.717, 1.165) is 30.5 Å². The first-order valence-corrected chi connectivity index (χ1v) is 7.81. The third kappa shape index (κ3) is 2.70. The van der Waals surface area contributed by atoms with Crippen molar-refractivity contribution in [2.75, 3.05) is 27.2 Å². The largest absolute Gasteiger partial charge is 0.506 e. The standard InChI is InChI=1S/C17H21N3O3/c1-19(2)9-4-8-18-16(22)13-15(21)12-6-3-5-11-7-10-20(14(11)12)17(13)23/h3,5-6,21H,4,7-10H2,1-2H3,(H,18,22). The lowest BCUT2D eigenvalue weighted by molar-refractivity contribution is 0.0948. The summed E-state index contributed by atoms with van der Waals surface area (Å²) in [5.41, 5.74) is 1.22. The number of nitrogens with zero attached hydrogens (tertiary/aromatic N) is 2. The molecule has 3 rings (SSSR count). The van der Waals surface area contributed by atoms with Crippen molar-refractivity contribution in [2.45, 2.75) is 19.4 Å². The second-order valence-electron chi connectivity index (χ2n) is 6.16. The van der Waals surface area contributed by atoms with Crippen LogP contribution in [0.3, 0.4) is 0 Å². The van der Waals surface area contributed by atoms with E-state index in [1.807, 2.05) is 31.1 Å². The zero-order chi connectivity index (χ0) is 16.6. The van der Waals surface area contributed by atoms with Gasteiger partial charge in [-0.25, -0.2) is 0 Å². The molecule has 1 amide bonds. The van der Waals surface area contributed by atoms with Crippen LogP contribution in [-0.4, -0.2) is 47.7 Å². The van der Waals surface area contributed by atoms with Gasteiger partial charge in [-0.3, -0.25) is 9.59 Å². The molecule has 0 saturated heterocycles. The topological polar surface area (TPSA) is 74.6 Å². The maximum Gasteiger partial charge on any atom is 0.267 e. The number of hydrogen-bond acceptors (Lipinski definition) is 4. The van der Waals surface area contributed by atoms with Crippen LogP contribution in [0.4, 0.5) is 0 Å². The van der Waals surface area contributed by atoms with E-state index in [0.29, 0.717) is 18.5 Å². The molecule has 6 nitrogen and oxygen atoms in total. The Morgan fingerprint density at radius 3 is 2.91 bits per heavy atom. The number of amides is 1. The molecule has 0 radical (unpaired) electrons. The number of hydrogen-bond donors (Lipinski definition) is 2. The van der Waals surface area contributed by atoms with Crippen LogP contribution in [0.2, 0.25) is 0 Å². The van der Waals surface area contributed by atoms with Gasteiger partial charge in [-0.1, -0.05) is 12.1 Å². The molecule has 0 spiro atoms. The SMILES string of the molecule is CN(C)CCCNC(=O)c1c(O)c2cccc3c2n(c1=O)CC3. The smallest absolute Gasteiger partial charge is 0.267 e. The van der Waals surface area contributed by atoms with E-state index in [-0.39, 0.29) is 11.3 Å². The maximum absolute atomic E-state index is 12.6. The first-order valence-electron chi connectivity index (χ1n) is 7.81. The van der Waals surface area contributed by atoms with E-state index < -0.39 is 11.5 Å². The fourth-order valence-electron chi connectivity index (χ4n) is 3.11. The molecule has 6 heteroatoms. The minimum absolute atomic E-state index is 0.151. The van der Waals surface area contributed by atoms with Crippen LogP contribution in [0.5, 0.6) is 5.75 Å². The molecule has 0 fully saturated rings. The fourth-order valence-corrected chi connectivity index (χ4v) is 3.11. The molecule has 2 heterocycles. The van der Waals surface area contributed by atoms with Gasteiger partial charge in [-0.15, -0.1) is 0 Å². The Morgan fingerprint density at radius 1 is 1.39 bits per heavy atom. The van der Waals surface area contributed by atoms with Gasteiger partial charge in [0.05, 0.1) is 5.52 Å². The van der Waals surface area contributed by atoms with E-state index in [9.17, 15) is 14.7 Å². The summed E-state index contributed by atoms with van der Waals surface area (Å²) in [4.78, 5) is 27.0. The molecule has 0 saturated carbocycles. The Hall–Kier alpha value is -2.34. The van der Waals surface area contributed by atoms with Gasteiger partial charge in [0.15, 0.2) is 0 Å². The second kappa shape index (κ2) is 6.04. The number of carbonyl (C=O) groups is 1. The molecule has 0 aliphatic carbocycles. The Bertz CT molecular complexity index is 824. The summed E-state index contributed by atoms with van der Waals surface area (Å²) in [6, 6.07) is 5.54. The highest BCUT2D eigenvalue weighted by Gasteiger charge is 2.25. The van der Waals surface area contributed by atoms with Gasteiger partial charge in [0.2, 0.25) is 0 Å². The summed E-state index contributed by atoms with van der Waals surface area (Å²) in [5.74, 6) is -0.718. The van der Waals surface area contributed by atoms with E-state index in [2.05, 4.69) is 5.32 Å². The van der Waals surface area contributed by atoms with Crippen LogP contribution in [0, 0.1) is 0 Å². The predicted molar refractivity (Wildman–Crippen MR) is 89.1 cm³/mol. The minimum Gasteiger partial charge on any atom is -0.506 e. The summed E-state index contributed by atoms with van der Waals surface area (Å²) in [5, 5.41) is 13.7. The lowest BCUT2D eigenvalue weighted by Gasteiger charge is -2.12. The molecular weight excluding hydrogens is 294 g/mol. The number of nitrogens with one attached hydrogen (secondary N) is 1. The molecule has 1 aliphatic heterocycles. The van der Waals surface area contributed by atoms with Crippen molar-refractivity contribution in [1.29, 1.82) is 0 Å². The van der Waals surface area contributed by atoms with Crippen molar-refractivity contribution >= 4 is 16.8 Å². The zero-order valence-electron chi connectivity index (χ0n) is 13.4. The number of pyridine rings is 1. The highest BCUT2D eigenvalue weighted by atomic mass is 16.3. The van der Waals surface area contributed by atoms with E-state index in [1.165, 1.54) is 0 Å². The molecule has 122 valence electrons. The Kier molecular flexibility index (Phi) is 4.09. The Balaban J connectivity index is 1.94. The monoisotopic (exact) mass is 315 g/mol. The van der Waals surface area contributed by atoms with Gasteiger partial charge >= 0.3 is 0 Å². The number of aromatic nitrogens is 1. The van der Waals surface area contributed by atoms with Gasteiger partial charge in [0, 0.05) is 18.5 Å². The average molecular weight is 315 g/mol. The predicted octanol–water partition coefficient (Wildman–Crippen LogP) is 0.945. The number of benzene rings is 1. The molecule has 1 aromatic heterocycles. The minimum atomic E-state index is -0.505. The van der Waals surface area contributed by atoms with E-state index in [1.54, 1.807) is 10.6 Å². The maximum atomic E-state index is 12.6. The van der Waals surface area contributed by atoms with Gasteiger partial charge in [-0.2, -0.15) is 0 Å². The summed E-state index contributed by atoms with van der Waals surface area (Å²) < 4.78 is 1.60. The van der Waals surface area contributed by atoms with E-state index in [4.69, 9.17) is 0 Å². The molecule has 1 aromatic carbocycles. The molecule has 23 heavy (non-hydrogen) atoms. The quantitative estimate of drug-likeness (QED) is 0.806. The first kappa shape index (κ1) is 15.6. The highest BCUT2D eigenvalue weighted by molar-refractivity contribution is 6.03.